The molecule has 1 aromatic carbocycles. The molecule has 1 aromatic rings. The standard InChI is InChI=1S/C12H14/c1-3-6-11-8-5-9-12(10-11)7-4-2/h3-5,8-10H,1-2,6-7H2. The molecule has 0 fully saturated rings. The Labute approximate surface area is 74.2 Å². The van der Waals surface area contributed by atoms with Gasteiger partial charge in [-0.05, 0) is 24.0 Å². The zero-order valence-electron chi connectivity index (χ0n) is 7.29. The summed E-state index contributed by atoms with van der Waals surface area (Å²) in [5.41, 5.74) is 2.65. The normalized spacial score (nSPS) is 9.33. The van der Waals surface area contributed by atoms with Crippen LogP contribution in [0.4, 0.5) is 0 Å². The Morgan fingerprint density at radius 1 is 1.00 bits per heavy atom. The summed E-state index contributed by atoms with van der Waals surface area (Å²) in [7, 11) is 0. The van der Waals surface area contributed by atoms with E-state index in [0.29, 0.717) is 0 Å². The first kappa shape index (κ1) is 8.79. The van der Waals surface area contributed by atoms with Gasteiger partial charge in [0.15, 0.2) is 0 Å². The van der Waals surface area contributed by atoms with Crippen molar-refractivity contribution in [1.29, 1.82) is 0 Å². The average Bonchev–Trinajstić information content (AvgIpc) is 2.06. The molecule has 62 valence electrons. The molecule has 0 saturated heterocycles. The Kier molecular flexibility index (Phi) is 3.34. The predicted molar refractivity (Wildman–Crippen MR) is 54.2 cm³/mol. The summed E-state index contributed by atoms with van der Waals surface area (Å²) >= 11 is 0. The monoisotopic (exact) mass is 158 g/mol. The second-order valence-electron chi connectivity index (χ2n) is 2.81. The van der Waals surface area contributed by atoms with Gasteiger partial charge in [-0.15, -0.1) is 13.2 Å². The third kappa shape index (κ3) is 2.39. The number of benzene rings is 1. The van der Waals surface area contributed by atoms with Crippen molar-refractivity contribution in [3.8, 4) is 0 Å². The summed E-state index contributed by atoms with van der Waals surface area (Å²) in [6.07, 6.45) is 5.75. The minimum Gasteiger partial charge on any atom is -0.103 e. The second-order valence-corrected chi connectivity index (χ2v) is 2.81. The average molecular weight is 158 g/mol. The highest BCUT2D eigenvalue weighted by Crippen LogP contribution is 2.07. The Hall–Kier alpha value is -1.30. The molecule has 0 aliphatic rings. The van der Waals surface area contributed by atoms with E-state index in [0.717, 1.165) is 12.8 Å². The van der Waals surface area contributed by atoms with Crippen LogP contribution in [0.5, 0.6) is 0 Å². The highest BCUT2D eigenvalue weighted by Gasteiger charge is 1.91. The van der Waals surface area contributed by atoms with Gasteiger partial charge in [0.2, 0.25) is 0 Å². The van der Waals surface area contributed by atoms with E-state index < -0.39 is 0 Å². The Morgan fingerprint density at radius 3 is 1.92 bits per heavy atom. The SMILES string of the molecule is C=CCc1cccc(CC=C)c1. The Morgan fingerprint density at radius 2 is 1.50 bits per heavy atom. The van der Waals surface area contributed by atoms with Crippen molar-refractivity contribution in [2.75, 3.05) is 0 Å². The van der Waals surface area contributed by atoms with Crippen molar-refractivity contribution in [1.82, 2.24) is 0 Å². The first-order chi connectivity index (χ1) is 5.86. The second kappa shape index (κ2) is 4.55. The maximum absolute atomic E-state index is 3.71. The molecule has 0 unspecified atom stereocenters. The molecule has 0 saturated carbocycles. The van der Waals surface area contributed by atoms with E-state index in [-0.39, 0.29) is 0 Å². The fourth-order valence-electron chi connectivity index (χ4n) is 1.22. The van der Waals surface area contributed by atoms with Crippen LogP contribution in [-0.4, -0.2) is 0 Å². The maximum Gasteiger partial charge on any atom is -0.0100 e. The van der Waals surface area contributed by atoms with Crippen molar-refractivity contribution in [3.63, 3.8) is 0 Å². The third-order valence-corrected chi connectivity index (χ3v) is 1.75. The molecule has 0 heterocycles. The summed E-state index contributed by atoms with van der Waals surface area (Å²) in [5.74, 6) is 0. The van der Waals surface area contributed by atoms with Gasteiger partial charge >= 0.3 is 0 Å². The largest absolute Gasteiger partial charge is 0.103 e. The lowest BCUT2D eigenvalue weighted by molar-refractivity contribution is 1.21. The van der Waals surface area contributed by atoms with E-state index in [9.17, 15) is 0 Å². The van der Waals surface area contributed by atoms with Gasteiger partial charge < -0.3 is 0 Å². The molecule has 0 aromatic heterocycles. The van der Waals surface area contributed by atoms with Gasteiger partial charge in [-0.2, -0.15) is 0 Å². The van der Waals surface area contributed by atoms with Crippen LogP contribution in [0.15, 0.2) is 49.6 Å². The zero-order valence-corrected chi connectivity index (χ0v) is 7.29. The lowest BCUT2D eigenvalue weighted by Crippen LogP contribution is -1.84. The van der Waals surface area contributed by atoms with Crippen LogP contribution < -0.4 is 0 Å². The molecule has 1 rings (SSSR count). The molecule has 0 heteroatoms. The van der Waals surface area contributed by atoms with Crippen LogP contribution in [0.2, 0.25) is 0 Å². The van der Waals surface area contributed by atoms with Crippen molar-refractivity contribution in [2.45, 2.75) is 12.8 Å². The summed E-state index contributed by atoms with van der Waals surface area (Å²) in [5, 5.41) is 0. The van der Waals surface area contributed by atoms with E-state index in [1.54, 1.807) is 0 Å². The number of allylic oxidation sites excluding steroid dienone is 2. The topological polar surface area (TPSA) is 0 Å². The zero-order chi connectivity index (χ0) is 8.81. The molecule has 0 amide bonds. The van der Waals surface area contributed by atoms with Crippen LogP contribution in [-0.2, 0) is 12.8 Å². The number of hydrogen-bond acceptors (Lipinski definition) is 0. The van der Waals surface area contributed by atoms with E-state index in [1.165, 1.54) is 11.1 Å². The van der Waals surface area contributed by atoms with Gasteiger partial charge in [-0.3, -0.25) is 0 Å². The van der Waals surface area contributed by atoms with Gasteiger partial charge in [-0.1, -0.05) is 36.4 Å². The van der Waals surface area contributed by atoms with Gasteiger partial charge in [0, 0.05) is 0 Å². The van der Waals surface area contributed by atoms with Gasteiger partial charge in [-0.25, -0.2) is 0 Å². The molecule has 0 aliphatic carbocycles. The maximum atomic E-state index is 3.71. The minimum absolute atomic E-state index is 0.949. The van der Waals surface area contributed by atoms with Crippen LogP contribution in [0, 0.1) is 0 Å². The summed E-state index contributed by atoms with van der Waals surface area (Å²) < 4.78 is 0. The molecule has 0 bridgehead atoms. The van der Waals surface area contributed by atoms with Gasteiger partial charge in [0.25, 0.3) is 0 Å². The van der Waals surface area contributed by atoms with Crippen LogP contribution in [0.1, 0.15) is 11.1 Å². The first-order valence-electron chi connectivity index (χ1n) is 4.16. The first-order valence-corrected chi connectivity index (χ1v) is 4.16. The predicted octanol–water partition coefficient (Wildman–Crippen LogP) is 3.14. The minimum atomic E-state index is 0.949. The van der Waals surface area contributed by atoms with E-state index in [4.69, 9.17) is 0 Å². The smallest absolute Gasteiger partial charge is 0.0100 e. The summed E-state index contributed by atoms with van der Waals surface area (Å²) in [6, 6.07) is 8.52. The highest BCUT2D eigenvalue weighted by atomic mass is 14.0. The quantitative estimate of drug-likeness (QED) is 0.590. The molecule has 0 radical (unpaired) electrons. The summed E-state index contributed by atoms with van der Waals surface area (Å²) in [4.78, 5) is 0. The van der Waals surface area contributed by atoms with Crippen molar-refractivity contribution in [2.24, 2.45) is 0 Å². The molecule has 0 atom stereocenters. The van der Waals surface area contributed by atoms with E-state index in [2.05, 4.69) is 37.4 Å². The lowest BCUT2D eigenvalue weighted by atomic mass is 10.1. The highest BCUT2D eigenvalue weighted by molar-refractivity contribution is 5.26. The molecular formula is C12H14. The van der Waals surface area contributed by atoms with Crippen molar-refractivity contribution >= 4 is 0 Å². The van der Waals surface area contributed by atoms with Crippen LogP contribution in [0.25, 0.3) is 0 Å². The van der Waals surface area contributed by atoms with E-state index in [1.807, 2.05) is 12.2 Å². The molecule has 12 heavy (non-hydrogen) atoms. The fourth-order valence-corrected chi connectivity index (χ4v) is 1.22. The summed E-state index contributed by atoms with van der Waals surface area (Å²) in [6.45, 7) is 7.42. The molecule has 0 nitrogen and oxygen atoms in total. The molecule has 0 N–H and O–H groups in total. The van der Waals surface area contributed by atoms with Crippen molar-refractivity contribution < 1.29 is 0 Å². The Bertz CT molecular complexity index is 246. The van der Waals surface area contributed by atoms with Crippen molar-refractivity contribution in [3.05, 3.63) is 60.7 Å². The lowest BCUT2D eigenvalue weighted by Gasteiger charge is -1.99. The Balaban J connectivity index is 2.79. The van der Waals surface area contributed by atoms with Gasteiger partial charge in [0.05, 0.1) is 0 Å². The number of hydrogen-bond donors (Lipinski definition) is 0. The van der Waals surface area contributed by atoms with E-state index >= 15 is 0 Å². The van der Waals surface area contributed by atoms with Crippen LogP contribution >= 0.6 is 0 Å². The van der Waals surface area contributed by atoms with Gasteiger partial charge in [0.1, 0.15) is 0 Å². The third-order valence-electron chi connectivity index (χ3n) is 1.75. The van der Waals surface area contributed by atoms with Crippen LogP contribution in [0.3, 0.4) is 0 Å². The molecule has 0 aliphatic heterocycles. The fraction of sp³-hybridized carbons (Fsp3) is 0.167. The number of rotatable bonds is 4. The molecular weight excluding hydrogens is 144 g/mol. The molecule has 0 spiro atoms.